The number of carbonyl (C=O) groups excluding carboxylic acids is 1. The largest absolute Gasteiger partial charge is 0.480 e. The number of rotatable bonds is 2. The first kappa shape index (κ1) is 11.9. The van der Waals surface area contributed by atoms with E-state index in [1.807, 2.05) is 24.3 Å². The molecule has 6 heteroatoms. The molecule has 5 nitrogen and oxygen atoms in total. The lowest BCUT2D eigenvalue weighted by molar-refractivity contribution is -0.142. The number of nitrogens with zero attached hydrogens (tertiary/aromatic N) is 1. The first-order chi connectivity index (χ1) is 8.06. The molecule has 2 rings (SSSR count). The Kier molecular flexibility index (Phi) is 3.33. The van der Waals surface area contributed by atoms with Crippen molar-refractivity contribution in [2.45, 2.75) is 6.04 Å². The number of carboxylic acid groups (broad SMARTS) is 1. The standard InChI is InChI=1S/C11H11BrN2O3/c12-7-2-1-3-8(4-7)14-5-9(11(16)17)13-10(15)6-14/h1-4,9H,5-6H2,(H,13,15)(H,16,17). The van der Waals surface area contributed by atoms with E-state index >= 15 is 0 Å². The van der Waals surface area contributed by atoms with Crippen LogP contribution >= 0.6 is 15.9 Å². The molecule has 1 heterocycles. The number of halogens is 1. The number of hydrogen-bond donors (Lipinski definition) is 2. The summed E-state index contributed by atoms with van der Waals surface area (Å²) in [7, 11) is 0. The van der Waals surface area contributed by atoms with Gasteiger partial charge in [0.15, 0.2) is 0 Å². The molecule has 1 aromatic carbocycles. The molecule has 17 heavy (non-hydrogen) atoms. The quantitative estimate of drug-likeness (QED) is 0.849. The highest BCUT2D eigenvalue weighted by molar-refractivity contribution is 9.10. The summed E-state index contributed by atoms with van der Waals surface area (Å²) in [6.07, 6.45) is 0. The van der Waals surface area contributed by atoms with Gasteiger partial charge in [0.05, 0.1) is 6.54 Å². The van der Waals surface area contributed by atoms with Gasteiger partial charge in [-0.05, 0) is 18.2 Å². The van der Waals surface area contributed by atoms with Gasteiger partial charge in [0.2, 0.25) is 5.91 Å². The number of carbonyl (C=O) groups is 2. The second-order valence-corrected chi connectivity index (χ2v) is 4.73. The van der Waals surface area contributed by atoms with Gasteiger partial charge in [-0.25, -0.2) is 4.79 Å². The Morgan fingerprint density at radius 3 is 2.94 bits per heavy atom. The summed E-state index contributed by atoms with van der Waals surface area (Å²) < 4.78 is 0.896. The number of hydrogen-bond acceptors (Lipinski definition) is 3. The zero-order chi connectivity index (χ0) is 12.4. The third kappa shape index (κ3) is 2.76. The molecule has 1 unspecified atom stereocenters. The van der Waals surface area contributed by atoms with Crippen molar-refractivity contribution in [3.05, 3.63) is 28.7 Å². The van der Waals surface area contributed by atoms with Crippen LogP contribution in [-0.4, -0.2) is 36.1 Å². The summed E-state index contributed by atoms with van der Waals surface area (Å²) in [4.78, 5) is 24.1. The fourth-order valence-corrected chi connectivity index (χ4v) is 2.14. The van der Waals surface area contributed by atoms with Crippen molar-refractivity contribution in [3.63, 3.8) is 0 Å². The Labute approximate surface area is 107 Å². The van der Waals surface area contributed by atoms with Crippen LogP contribution in [-0.2, 0) is 9.59 Å². The maximum atomic E-state index is 11.4. The minimum absolute atomic E-state index is 0.181. The van der Waals surface area contributed by atoms with Gasteiger partial charge in [0, 0.05) is 16.7 Å². The Hall–Kier alpha value is -1.56. The summed E-state index contributed by atoms with van der Waals surface area (Å²) in [5.41, 5.74) is 0.834. The SMILES string of the molecule is O=C1CN(c2cccc(Br)c2)CC(C(=O)O)N1. The van der Waals surface area contributed by atoms with Crippen molar-refractivity contribution < 1.29 is 14.7 Å². The van der Waals surface area contributed by atoms with Crippen molar-refractivity contribution in [1.29, 1.82) is 0 Å². The van der Waals surface area contributed by atoms with E-state index < -0.39 is 12.0 Å². The maximum Gasteiger partial charge on any atom is 0.328 e. The van der Waals surface area contributed by atoms with Crippen LogP contribution in [0.1, 0.15) is 0 Å². The first-order valence-corrected chi connectivity index (χ1v) is 5.88. The number of carboxylic acids is 1. The van der Waals surface area contributed by atoms with Gasteiger partial charge in [-0.2, -0.15) is 0 Å². The van der Waals surface area contributed by atoms with E-state index in [0.717, 1.165) is 10.2 Å². The fraction of sp³-hybridized carbons (Fsp3) is 0.273. The van der Waals surface area contributed by atoms with Crippen LogP contribution in [0, 0.1) is 0 Å². The van der Waals surface area contributed by atoms with Crippen LogP contribution in [0.25, 0.3) is 0 Å². The fourth-order valence-electron chi connectivity index (χ4n) is 1.75. The molecule has 1 aliphatic rings. The monoisotopic (exact) mass is 298 g/mol. The van der Waals surface area contributed by atoms with E-state index in [2.05, 4.69) is 21.2 Å². The molecule has 1 fully saturated rings. The van der Waals surface area contributed by atoms with E-state index in [0.29, 0.717) is 0 Å². The van der Waals surface area contributed by atoms with E-state index in [1.54, 1.807) is 4.90 Å². The lowest BCUT2D eigenvalue weighted by atomic mass is 10.2. The van der Waals surface area contributed by atoms with E-state index in [9.17, 15) is 9.59 Å². The zero-order valence-corrected chi connectivity index (χ0v) is 10.5. The second kappa shape index (κ2) is 4.75. The van der Waals surface area contributed by atoms with Gasteiger partial charge in [-0.15, -0.1) is 0 Å². The van der Waals surface area contributed by atoms with Gasteiger partial charge in [-0.1, -0.05) is 22.0 Å². The summed E-state index contributed by atoms with van der Waals surface area (Å²) >= 11 is 3.34. The topological polar surface area (TPSA) is 69.6 Å². The van der Waals surface area contributed by atoms with Gasteiger partial charge < -0.3 is 15.3 Å². The Balaban J connectivity index is 2.21. The van der Waals surface area contributed by atoms with Crippen molar-refractivity contribution >= 4 is 33.5 Å². The Bertz CT molecular complexity index is 464. The first-order valence-electron chi connectivity index (χ1n) is 5.09. The van der Waals surface area contributed by atoms with E-state index in [-0.39, 0.29) is 19.0 Å². The molecule has 0 bridgehead atoms. The van der Waals surface area contributed by atoms with E-state index in [1.165, 1.54) is 0 Å². The van der Waals surface area contributed by atoms with Crippen LogP contribution < -0.4 is 10.2 Å². The molecule has 0 radical (unpaired) electrons. The van der Waals surface area contributed by atoms with E-state index in [4.69, 9.17) is 5.11 Å². The summed E-state index contributed by atoms with van der Waals surface area (Å²) in [6.45, 7) is 0.456. The van der Waals surface area contributed by atoms with Crippen LogP contribution in [0.4, 0.5) is 5.69 Å². The molecule has 90 valence electrons. The van der Waals surface area contributed by atoms with Crippen LogP contribution in [0.15, 0.2) is 28.7 Å². The number of anilines is 1. The molecule has 0 spiro atoms. The molecule has 2 N–H and O–H groups in total. The third-order valence-corrected chi connectivity index (χ3v) is 3.04. The Morgan fingerprint density at radius 1 is 1.53 bits per heavy atom. The van der Waals surface area contributed by atoms with Crippen molar-refractivity contribution in [1.82, 2.24) is 5.32 Å². The lowest BCUT2D eigenvalue weighted by Gasteiger charge is -2.32. The average molecular weight is 299 g/mol. The predicted molar refractivity (Wildman–Crippen MR) is 65.9 cm³/mol. The molecule has 1 aliphatic heterocycles. The summed E-state index contributed by atoms with van der Waals surface area (Å²) in [5, 5.41) is 11.4. The number of benzene rings is 1. The lowest BCUT2D eigenvalue weighted by Crippen LogP contribution is -2.57. The maximum absolute atomic E-state index is 11.4. The highest BCUT2D eigenvalue weighted by Crippen LogP contribution is 2.21. The van der Waals surface area contributed by atoms with Gasteiger partial charge in [-0.3, -0.25) is 4.79 Å². The molecular weight excluding hydrogens is 288 g/mol. The molecule has 0 saturated carbocycles. The molecule has 1 atom stereocenters. The summed E-state index contributed by atoms with van der Waals surface area (Å²) in [6, 6.07) is 6.58. The molecular formula is C11H11BrN2O3. The number of amides is 1. The molecule has 0 aromatic heterocycles. The van der Waals surface area contributed by atoms with Gasteiger partial charge in [0.25, 0.3) is 0 Å². The van der Waals surface area contributed by atoms with Crippen LogP contribution in [0.2, 0.25) is 0 Å². The van der Waals surface area contributed by atoms with Crippen LogP contribution in [0.3, 0.4) is 0 Å². The third-order valence-electron chi connectivity index (χ3n) is 2.54. The molecule has 1 aromatic rings. The van der Waals surface area contributed by atoms with Crippen molar-refractivity contribution in [3.8, 4) is 0 Å². The van der Waals surface area contributed by atoms with Crippen molar-refractivity contribution in [2.24, 2.45) is 0 Å². The number of piperazine rings is 1. The highest BCUT2D eigenvalue weighted by atomic mass is 79.9. The normalized spacial score (nSPS) is 19.9. The Morgan fingerprint density at radius 2 is 2.29 bits per heavy atom. The van der Waals surface area contributed by atoms with Crippen molar-refractivity contribution in [2.75, 3.05) is 18.0 Å². The summed E-state index contributed by atoms with van der Waals surface area (Å²) in [5.74, 6) is -1.29. The molecule has 1 amide bonds. The average Bonchev–Trinajstić information content (AvgIpc) is 2.28. The van der Waals surface area contributed by atoms with Crippen LogP contribution in [0.5, 0.6) is 0 Å². The number of aliphatic carboxylic acids is 1. The number of nitrogens with one attached hydrogen (secondary N) is 1. The second-order valence-electron chi connectivity index (χ2n) is 3.82. The zero-order valence-electron chi connectivity index (χ0n) is 8.89. The molecule has 0 aliphatic carbocycles. The highest BCUT2D eigenvalue weighted by Gasteiger charge is 2.29. The predicted octanol–water partition coefficient (Wildman–Crippen LogP) is 0.838. The van der Waals surface area contributed by atoms with Gasteiger partial charge in [0.1, 0.15) is 6.04 Å². The molecule has 1 saturated heterocycles. The van der Waals surface area contributed by atoms with Gasteiger partial charge >= 0.3 is 5.97 Å². The smallest absolute Gasteiger partial charge is 0.328 e. The minimum atomic E-state index is -1.02. The minimum Gasteiger partial charge on any atom is -0.480 e.